The van der Waals surface area contributed by atoms with Crippen LogP contribution < -0.4 is 5.32 Å². The highest BCUT2D eigenvalue weighted by Gasteiger charge is 2.21. The summed E-state index contributed by atoms with van der Waals surface area (Å²) in [5.74, 6) is 0.812. The molecule has 1 aliphatic rings. The van der Waals surface area contributed by atoms with E-state index in [0.717, 1.165) is 18.9 Å². The Labute approximate surface area is 117 Å². The van der Waals surface area contributed by atoms with Crippen molar-refractivity contribution in [1.82, 2.24) is 10.2 Å². The van der Waals surface area contributed by atoms with Gasteiger partial charge >= 0.3 is 6.09 Å². The molecule has 0 radical (unpaired) electrons. The zero-order valence-corrected chi connectivity index (χ0v) is 13.0. The van der Waals surface area contributed by atoms with E-state index in [-0.39, 0.29) is 6.09 Å². The number of nitrogens with one attached hydrogen (secondary N) is 1. The second-order valence-electron chi connectivity index (χ2n) is 6.53. The number of carbonyl (C=O) groups excluding carboxylic acids is 1. The molecule has 1 saturated heterocycles. The number of rotatable bonds is 6. The van der Waals surface area contributed by atoms with Crippen molar-refractivity contribution in [3.63, 3.8) is 0 Å². The summed E-state index contributed by atoms with van der Waals surface area (Å²) in [6.07, 6.45) is 4.51. The molecule has 0 aromatic carbocycles. The Balaban J connectivity index is 2.04. The van der Waals surface area contributed by atoms with Crippen molar-refractivity contribution in [2.24, 2.45) is 5.92 Å². The van der Waals surface area contributed by atoms with Crippen LogP contribution >= 0.6 is 0 Å². The molecule has 1 heterocycles. The van der Waals surface area contributed by atoms with Crippen LogP contribution in [0.15, 0.2) is 0 Å². The van der Waals surface area contributed by atoms with Gasteiger partial charge in [-0.1, -0.05) is 6.92 Å². The smallest absolute Gasteiger partial charge is 0.407 e. The normalized spacial score (nSPS) is 20.5. The molecule has 1 aliphatic heterocycles. The predicted octanol–water partition coefficient (Wildman–Crippen LogP) is 3.02. The highest BCUT2D eigenvalue weighted by atomic mass is 16.6. The number of ether oxygens (including phenoxy) is 1. The van der Waals surface area contributed by atoms with E-state index < -0.39 is 5.60 Å². The largest absolute Gasteiger partial charge is 0.444 e. The van der Waals surface area contributed by atoms with Crippen molar-refractivity contribution in [2.75, 3.05) is 26.2 Å². The lowest BCUT2D eigenvalue weighted by atomic mass is 10.0. The first kappa shape index (κ1) is 16.3. The van der Waals surface area contributed by atoms with Crippen molar-refractivity contribution in [3.8, 4) is 0 Å². The summed E-state index contributed by atoms with van der Waals surface area (Å²) >= 11 is 0. The molecule has 1 rings (SSSR count). The van der Waals surface area contributed by atoms with E-state index in [9.17, 15) is 4.79 Å². The van der Waals surface area contributed by atoms with Gasteiger partial charge in [0.1, 0.15) is 5.60 Å². The highest BCUT2D eigenvalue weighted by Crippen LogP contribution is 2.20. The summed E-state index contributed by atoms with van der Waals surface area (Å²) in [6, 6.07) is 0. The number of amides is 1. The molecule has 0 bridgehead atoms. The molecule has 4 nitrogen and oxygen atoms in total. The fourth-order valence-corrected chi connectivity index (χ4v) is 2.56. The molecule has 0 aromatic rings. The van der Waals surface area contributed by atoms with E-state index in [2.05, 4.69) is 17.1 Å². The van der Waals surface area contributed by atoms with Crippen molar-refractivity contribution < 1.29 is 9.53 Å². The van der Waals surface area contributed by atoms with Gasteiger partial charge in [0.05, 0.1) is 0 Å². The average molecular weight is 270 g/mol. The van der Waals surface area contributed by atoms with Gasteiger partial charge in [-0.3, -0.25) is 0 Å². The minimum Gasteiger partial charge on any atom is -0.444 e. The van der Waals surface area contributed by atoms with E-state index in [1.54, 1.807) is 0 Å². The van der Waals surface area contributed by atoms with Crippen LogP contribution in [-0.4, -0.2) is 42.8 Å². The van der Waals surface area contributed by atoms with Gasteiger partial charge < -0.3 is 15.0 Å². The fraction of sp³-hybridized carbons (Fsp3) is 0.933. The first-order valence-electron chi connectivity index (χ1n) is 7.60. The fourth-order valence-electron chi connectivity index (χ4n) is 2.56. The number of hydrogen-bond donors (Lipinski definition) is 1. The molecule has 19 heavy (non-hydrogen) atoms. The van der Waals surface area contributed by atoms with Gasteiger partial charge in [-0.15, -0.1) is 0 Å². The van der Waals surface area contributed by atoms with Crippen LogP contribution in [0.4, 0.5) is 4.79 Å². The summed E-state index contributed by atoms with van der Waals surface area (Å²) in [7, 11) is 0. The van der Waals surface area contributed by atoms with Crippen LogP contribution in [0.5, 0.6) is 0 Å². The number of carbonyl (C=O) groups is 1. The molecule has 0 aliphatic carbocycles. The summed E-state index contributed by atoms with van der Waals surface area (Å²) in [4.78, 5) is 14.0. The Morgan fingerprint density at radius 3 is 2.79 bits per heavy atom. The van der Waals surface area contributed by atoms with Crippen LogP contribution in [0, 0.1) is 5.92 Å². The molecule has 0 spiro atoms. The number of likely N-dealkylation sites (tertiary alicyclic amines) is 1. The van der Waals surface area contributed by atoms with E-state index >= 15 is 0 Å². The second-order valence-corrected chi connectivity index (χ2v) is 6.53. The van der Waals surface area contributed by atoms with Gasteiger partial charge in [0.2, 0.25) is 0 Å². The Morgan fingerprint density at radius 1 is 1.42 bits per heavy atom. The molecular weight excluding hydrogens is 240 g/mol. The maximum absolute atomic E-state index is 11.5. The van der Waals surface area contributed by atoms with Crippen molar-refractivity contribution in [2.45, 2.75) is 59.0 Å². The van der Waals surface area contributed by atoms with Crippen molar-refractivity contribution in [1.29, 1.82) is 0 Å². The molecule has 0 saturated carbocycles. The zero-order chi connectivity index (χ0) is 14.3. The van der Waals surface area contributed by atoms with Gasteiger partial charge in [0.25, 0.3) is 0 Å². The van der Waals surface area contributed by atoms with E-state index in [1.807, 2.05) is 20.8 Å². The lowest BCUT2D eigenvalue weighted by Crippen LogP contribution is -2.33. The van der Waals surface area contributed by atoms with Gasteiger partial charge in [0, 0.05) is 13.1 Å². The molecule has 1 N–H and O–H groups in total. The summed E-state index contributed by atoms with van der Waals surface area (Å²) in [5.41, 5.74) is -0.407. The van der Waals surface area contributed by atoms with Crippen LogP contribution in [0.25, 0.3) is 0 Å². The summed E-state index contributed by atoms with van der Waals surface area (Å²) in [5, 5.41) is 2.82. The van der Waals surface area contributed by atoms with Crippen LogP contribution in [0.2, 0.25) is 0 Å². The maximum atomic E-state index is 11.5. The SMILES string of the molecule is CCCN1CCC(CCCNC(=O)OC(C)(C)C)C1. The number of hydrogen-bond acceptors (Lipinski definition) is 3. The van der Waals surface area contributed by atoms with Gasteiger partial charge in [0.15, 0.2) is 0 Å². The standard InChI is InChI=1S/C15H30N2O2/c1-5-10-17-11-8-13(12-17)7-6-9-16-14(18)19-15(2,3)4/h13H,5-12H2,1-4H3,(H,16,18). The Hall–Kier alpha value is -0.770. The first-order chi connectivity index (χ1) is 8.90. The summed E-state index contributed by atoms with van der Waals surface area (Å²) < 4.78 is 5.20. The van der Waals surface area contributed by atoms with Crippen molar-refractivity contribution >= 4 is 6.09 Å². The maximum Gasteiger partial charge on any atom is 0.407 e. The second kappa shape index (κ2) is 7.73. The quantitative estimate of drug-likeness (QED) is 0.754. The van der Waals surface area contributed by atoms with Crippen molar-refractivity contribution in [3.05, 3.63) is 0 Å². The number of alkyl carbamates (subject to hydrolysis) is 1. The Kier molecular flexibility index (Phi) is 6.63. The van der Waals surface area contributed by atoms with Crippen LogP contribution in [-0.2, 0) is 4.74 Å². The molecule has 1 amide bonds. The molecular formula is C15H30N2O2. The van der Waals surface area contributed by atoms with E-state index in [4.69, 9.17) is 4.74 Å². The molecule has 1 unspecified atom stereocenters. The summed E-state index contributed by atoms with van der Waals surface area (Å²) in [6.45, 7) is 12.3. The molecule has 1 atom stereocenters. The third kappa shape index (κ3) is 7.41. The predicted molar refractivity (Wildman–Crippen MR) is 78.3 cm³/mol. The van der Waals surface area contributed by atoms with E-state index in [1.165, 1.54) is 38.9 Å². The monoisotopic (exact) mass is 270 g/mol. The van der Waals surface area contributed by atoms with Gasteiger partial charge in [-0.25, -0.2) is 4.79 Å². The van der Waals surface area contributed by atoms with Gasteiger partial charge in [-0.05, 0) is 65.5 Å². The lowest BCUT2D eigenvalue weighted by molar-refractivity contribution is 0.0526. The third-order valence-electron chi connectivity index (χ3n) is 3.37. The zero-order valence-electron chi connectivity index (χ0n) is 13.0. The minimum absolute atomic E-state index is 0.300. The molecule has 112 valence electrons. The van der Waals surface area contributed by atoms with Crippen LogP contribution in [0.3, 0.4) is 0 Å². The third-order valence-corrected chi connectivity index (χ3v) is 3.37. The van der Waals surface area contributed by atoms with E-state index in [0.29, 0.717) is 0 Å². The topological polar surface area (TPSA) is 41.6 Å². The lowest BCUT2D eigenvalue weighted by Gasteiger charge is -2.20. The minimum atomic E-state index is -0.407. The van der Waals surface area contributed by atoms with Crippen LogP contribution in [0.1, 0.15) is 53.4 Å². The number of nitrogens with zero attached hydrogens (tertiary/aromatic N) is 1. The highest BCUT2D eigenvalue weighted by molar-refractivity contribution is 5.67. The first-order valence-corrected chi connectivity index (χ1v) is 7.60. The average Bonchev–Trinajstić information content (AvgIpc) is 2.70. The molecule has 1 fully saturated rings. The van der Waals surface area contributed by atoms with Gasteiger partial charge in [-0.2, -0.15) is 0 Å². The Bertz CT molecular complexity index is 274. The molecule has 4 heteroatoms. The Morgan fingerprint density at radius 2 is 2.16 bits per heavy atom. The molecule has 0 aromatic heterocycles.